The highest BCUT2D eigenvalue weighted by Crippen LogP contribution is 1.97. The minimum Gasteiger partial charge on any atom is -0.385 e. The molecule has 94 valence electrons. The molecule has 1 aliphatic rings. The van der Waals surface area contributed by atoms with Crippen LogP contribution in [0.5, 0.6) is 0 Å². The average molecular weight is 230 g/mol. The largest absolute Gasteiger partial charge is 0.385 e. The molecule has 1 fully saturated rings. The van der Waals surface area contributed by atoms with Crippen LogP contribution in [0.1, 0.15) is 12.8 Å². The summed E-state index contributed by atoms with van der Waals surface area (Å²) in [6.45, 7) is 4.98. The lowest BCUT2D eigenvalue weighted by Crippen LogP contribution is -2.36. The summed E-state index contributed by atoms with van der Waals surface area (Å²) in [5.41, 5.74) is 0. The van der Waals surface area contributed by atoms with E-state index >= 15 is 0 Å². The van der Waals surface area contributed by atoms with Gasteiger partial charge in [0.1, 0.15) is 6.61 Å². The number of amides is 1. The summed E-state index contributed by atoms with van der Waals surface area (Å²) < 4.78 is 10.2. The fourth-order valence-corrected chi connectivity index (χ4v) is 1.65. The molecule has 0 atom stereocenters. The van der Waals surface area contributed by atoms with Crippen LogP contribution in [0.15, 0.2) is 0 Å². The van der Waals surface area contributed by atoms with E-state index in [-0.39, 0.29) is 12.5 Å². The Morgan fingerprint density at radius 3 is 3.00 bits per heavy atom. The molecule has 1 amide bonds. The minimum atomic E-state index is 0.0983. The van der Waals surface area contributed by atoms with E-state index in [2.05, 4.69) is 5.32 Å². The van der Waals surface area contributed by atoms with Gasteiger partial charge in [0.25, 0.3) is 0 Å². The van der Waals surface area contributed by atoms with Crippen LogP contribution in [0, 0.1) is 0 Å². The second-order valence-electron chi connectivity index (χ2n) is 3.88. The standard InChI is InChI=1S/C11H22N2O3/c1-15-8-3-9-16-10-11(14)13-6-2-4-12-5-7-13/h12H,2-10H2,1H3. The summed E-state index contributed by atoms with van der Waals surface area (Å²) in [6, 6.07) is 0. The predicted molar refractivity (Wildman–Crippen MR) is 61.4 cm³/mol. The second kappa shape index (κ2) is 8.50. The topological polar surface area (TPSA) is 50.8 Å². The Morgan fingerprint density at radius 1 is 1.31 bits per heavy atom. The summed E-state index contributed by atoms with van der Waals surface area (Å²) in [4.78, 5) is 13.6. The van der Waals surface area contributed by atoms with Gasteiger partial charge in [-0.3, -0.25) is 4.79 Å². The maximum atomic E-state index is 11.7. The molecule has 1 saturated heterocycles. The monoisotopic (exact) mass is 230 g/mol. The molecule has 16 heavy (non-hydrogen) atoms. The lowest BCUT2D eigenvalue weighted by atomic mass is 10.4. The van der Waals surface area contributed by atoms with E-state index in [9.17, 15) is 4.79 Å². The lowest BCUT2D eigenvalue weighted by molar-refractivity contribution is -0.136. The molecule has 5 nitrogen and oxygen atoms in total. The van der Waals surface area contributed by atoms with E-state index < -0.39 is 0 Å². The molecule has 1 N–H and O–H groups in total. The fourth-order valence-electron chi connectivity index (χ4n) is 1.65. The van der Waals surface area contributed by atoms with Gasteiger partial charge in [-0.1, -0.05) is 0 Å². The first kappa shape index (κ1) is 13.4. The van der Waals surface area contributed by atoms with Crippen molar-refractivity contribution in [3.05, 3.63) is 0 Å². The van der Waals surface area contributed by atoms with E-state index in [0.717, 1.165) is 39.0 Å². The van der Waals surface area contributed by atoms with Gasteiger partial charge in [0.05, 0.1) is 0 Å². The van der Waals surface area contributed by atoms with Gasteiger partial charge in [0, 0.05) is 40.0 Å². The Hall–Kier alpha value is -0.650. The highest BCUT2D eigenvalue weighted by Gasteiger charge is 2.14. The first-order chi connectivity index (χ1) is 7.84. The molecule has 1 heterocycles. The molecule has 0 bridgehead atoms. The third kappa shape index (κ3) is 5.44. The molecule has 1 aliphatic heterocycles. The Bertz CT molecular complexity index is 192. The van der Waals surface area contributed by atoms with Crippen molar-refractivity contribution in [1.29, 1.82) is 0 Å². The van der Waals surface area contributed by atoms with Gasteiger partial charge in [0.15, 0.2) is 0 Å². The highest BCUT2D eigenvalue weighted by molar-refractivity contribution is 5.77. The molecular weight excluding hydrogens is 208 g/mol. The molecule has 0 aromatic heterocycles. The van der Waals surface area contributed by atoms with Gasteiger partial charge in [-0.25, -0.2) is 0 Å². The van der Waals surface area contributed by atoms with Crippen LogP contribution in [0.4, 0.5) is 0 Å². The minimum absolute atomic E-state index is 0.0983. The number of hydrogen-bond acceptors (Lipinski definition) is 4. The molecule has 0 spiro atoms. The zero-order valence-electron chi connectivity index (χ0n) is 10.0. The number of carbonyl (C=O) groups excluding carboxylic acids is 1. The third-order valence-electron chi connectivity index (χ3n) is 2.56. The summed E-state index contributed by atoms with van der Waals surface area (Å²) >= 11 is 0. The van der Waals surface area contributed by atoms with E-state index in [1.165, 1.54) is 0 Å². The number of carbonyl (C=O) groups is 1. The molecule has 0 radical (unpaired) electrons. The second-order valence-corrected chi connectivity index (χ2v) is 3.88. The molecule has 5 heteroatoms. The van der Waals surface area contributed by atoms with Crippen molar-refractivity contribution in [2.45, 2.75) is 12.8 Å². The average Bonchev–Trinajstić information content (AvgIpc) is 2.57. The van der Waals surface area contributed by atoms with Crippen LogP contribution >= 0.6 is 0 Å². The van der Waals surface area contributed by atoms with Crippen LogP contribution in [0.2, 0.25) is 0 Å². The summed E-state index contributed by atoms with van der Waals surface area (Å²) in [5.74, 6) is 0.0983. The molecule has 1 rings (SSSR count). The van der Waals surface area contributed by atoms with Crippen LogP contribution in [-0.2, 0) is 14.3 Å². The predicted octanol–water partition coefficient (Wildman–Crippen LogP) is -0.139. The molecular formula is C11H22N2O3. The van der Waals surface area contributed by atoms with E-state index in [4.69, 9.17) is 9.47 Å². The van der Waals surface area contributed by atoms with Gasteiger partial charge < -0.3 is 19.7 Å². The van der Waals surface area contributed by atoms with E-state index in [1.54, 1.807) is 7.11 Å². The number of rotatable bonds is 6. The SMILES string of the molecule is COCCCOCC(=O)N1CCCNCC1. The molecule has 0 aromatic carbocycles. The van der Waals surface area contributed by atoms with Crippen LogP contribution in [0.25, 0.3) is 0 Å². The van der Waals surface area contributed by atoms with Crippen molar-refractivity contribution < 1.29 is 14.3 Å². The van der Waals surface area contributed by atoms with Crippen LogP contribution in [-0.4, -0.2) is 63.9 Å². The molecule has 0 unspecified atom stereocenters. The summed E-state index contributed by atoms with van der Waals surface area (Å²) in [6.07, 6.45) is 1.86. The van der Waals surface area contributed by atoms with Crippen LogP contribution < -0.4 is 5.32 Å². The van der Waals surface area contributed by atoms with Crippen molar-refractivity contribution in [2.75, 3.05) is 53.1 Å². The Kier molecular flexibility index (Phi) is 7.12. The Labute approximate surface area is 97.1 Å². The number of methoxy groups -OCH3 is 1. The van der Waals surface area contributed by atoms with Gasteiger partial charge in [-0.05, 0) is 19.4 Å². The van der Waals surface area contributed by atoms with E-state index in [1.807, 2.05) is 4.90 Å². The molecule has 0 aromatic rings. The zero-order valence-corrected chi connectivity index (χ0v) is 10.0. The van der Waals surface area contributed by atoms with Crippen molar-refractivity contribution in [3.63, 3.8) is 0 Å². The maximum absolute atomic E-state index is 11.7. The number of nitrogens with one attached hydrogen (secondary N) is 1. The van der Waals surface area contributed by atoms with Crippen molar-refractivity contribution >= 4 is 5.91 Å². The first-order valence-electron chi connectivity index (χ1n) is 5.90. The Morgan fingerprint density at radius 2 is 2.19 bits per heavy atom. The maximum Gasteiger partial charge on any atom is 0.248 e. The van der Waals surface area contributed by atoms with Crippen molar-refractivity contribution in [2.24, 2.45) is 0 Å². The van der Waals surface area contributed by atoms with Crippen molar-refractivity contribution in [1.82, 2.24) is 10.2 Å². The zero-order chi connectivity index (χ0) is 11.6. The normalized spacial score (nSPS) is 17.2. The summed E-state index contributed by atoms with van der Waals surface area (Å²) in [7, 11) is 1.66. The number of hydrogen-bond donors (Lipinski definition) is 1. The first-order valence-corrected chi connectivity index (χ1v) is 5.90. The number of nitrogens with zero attached hydrogens (tertiary/aromatic N) is 1. The quantitative estimate of drug-likeness (QED) is 0.645. The smallest absolute Gasteiger partial charge is 0.248 e. The fraction of sp³-hybridized carbons (Fsp3) is 0.909. The van der Waals surface area contributed by atoms with Gasteiger partial charge in [0.2, 0.25) is 5.91 Å². The Balaban J connectivity index is 2.08. The number of ether oxygens (including phenoxy) is 2. The van der Waals surface area contributed by atoms with Crippen molar-refractivity contribution in [3.8, 4) is 0 Å². The lowest BCUT2D eigenvalue weighted by Gasteiger charge is -2.19. The van der Waals surface area contributed by atoms with E-state index in [0.29, 0.717) is 13.2 Å². The highest BCUT2D eigenvalue weighted by atomic mass is 16.5. The molecule has 0 saturated carbocycles. The van der Waals surface area contributed by atoms with Gasteiger partial charge >= 0.3 is 0 Å². The van der Waals surface area contributed by atoms with Crippen LogP contribution in [0.3, 0.4) is 0 Å². The van der Waals surface area contributed by atoms with Gasteiger partial charge in [-0.15, -0.1) is 0 Å². The molecule has 0 aliphatic carbocycles. The third-order valence-corrected chi connectivity index (χ3v) is 2.56. The van der Waals surface area contributed by atoms with Gasteiger partial charge in [-0.2, -0.15) is 0 Å². The summed E-state index contributed by atoms with van der Waals surface area (Å²) in [5, 5.41) is 3.26.